The highest BCUT2D eigenvalue weighted by Gasteiger charge is 2.34. The Morgan fingerprint density at radius 3 is 2.45 bits per heavy atom. The zero-order valence-electron chi connectivity index (χ0n) is 17.6. The molecule has 1 aliphatic rings. The molecule has 8 heteroatoms. The summed E-state index contributed by atoms with van der Waals surface area (Å²) in [6.45, 7) is 11.0. The number of hydrogen-bond acceptors (Lipinski definition) is 7. The zero-order chi connectivity index (χ0) is 21.0. The lowest BCUT2D eigenvalue weighted by molar-refractivity contribution is -0.101. The summed E-state index contributed by atoms with van der Waals surface area (Å²) in [5, 5.41) is 9.70. The normalized spacial score (nSPS) is 22.2. The lowest BCUT2D eigenvalue weighted by Crippen LogP contribution is -2.44. The molecule has 3 N–H and O–H groups in total. The number of nitrogens with two attached hydrogens (primary N) is 1. The molecule has 8 nitrogen and oxygen atoms in total. The highest BCUT2D eigenvalue weighted by atomic mass is 16.6. The van der Waals surface area contributed by atoms with Crippen LogP contribution in [0.4, 0.5) is 11.5 Å². The molecule has 0 spiro atoms. The van der Waals surface area contributed by atoms with Crippen LogP contribution >= 0.6 is 0 Å². The molecule has 0 unspecified atom stereocenters. The number of ether oxygens (including phenoxy) is 1. The Hall–Kier alpha value is -2.45. The van der Waals surface area contributed by atoms with Gasteiger partial charge in [-0.15, -0.1) is 0 Å². The van der Waals surface area contributed by atoms with E-state index in [1.54, 1.807) is 0 Å². The molecule has 0 bridgehead atoms. The van der Waals surface area contributed by atoms with Gasteiger partial charge in [0.2, 0.25) is 11.5 Å². The summed E-state index contributed by atoms with van der Waals surface area (Å²) < 4.78 is 10.9. The van der Waals surface area contributed by atoms with Crippen LogP contribution in [-0.2, 0) is 4.74 Å². The molecule has 0 radical (unpaired) electrons. The average molecular weight is 402 g/mol. The van der Waals surface area contributed by atoms with Gasteiger partial charge in [0.1, 0.15) is 0 Å². The predicted molar refractivity (Wildman–Crippen MR) is 112 cm³/mol. The standard InChI is InChI=1S/C21H31N5O3/c1-5-26(6-2)16-11-17(13(3)4)28-18(12-16)14-7-9-15(10-8-14)23-21(27)19-20(22)25-29-24-19/h7-10,13,16-18H,5-6,11-12H2,1-4H3,(H2,22,25)(H,23,27)/t16-,17-,18+/m1/s1. The van der Waals surface area contributed by atoms with Gasteiger partial charge in [-0.1, -0.05) is 39.8 Å². The van der Waals surface area contributed by atoms with Crippen LogP contribution in [0.15, 0.2) is 28.9 Å². The Morgan fingerprint density at radius 1 is 1.21 bits per heavy atom. The topological polar surface area (TPSA) is 107 Å². The molecule has 1 aromatic heterocycles. The second kappa shape index (κ2) is 9.37. The molecule has 29 heavy (non-hydrogen) atoms. The summed E-state index contributed by atoms with van der Waals surface area (Å²) in [7, 11) is 0. The molecule has 158 valence electrons. The summed E-state index contributed by atoms with van der Waals surface area (Å²) in [6.07, 6.45) is 2.32. The highest BCUT2D eigenvalue weighted by molar-refractivity contribution is 6.05. The van der Waals surface area contributed by atoms with Crippen LogP contribution in [0.5, 0.6) is 0 Å². The van der Waals surface area contributed by atoms with Crippen molar-refractivity contribution in [3.05, 3.63) is 35.5 Å². The van der Waals surface area contributed by atoms with Crippen molar-refractivity contribution in [3.8, 4) is 0 Å². The number of hydrogen-bond donors (Lipinski definition) is 2. The van der Waals surface area contributed by atoms with Gasteiger partial charge in [0.25, 0.3) is 5.91 Å². The maximum Gasteiger partial charge on any atom is 0.281 e. The van der Waals surface area contributed by atoms with E-state index in [0.717, 1.165) is 31.5 Å². The number of nitrogens with zero attached hydrogens (tertiary/aromatic N) is 3. The van der Waals surface area contributed by atoms with E-state index in [-0.39, 0.29) is 23.7 Å². The number of nitrogens with one attached hydrogen (secondary N) is 1. The molecule has 2 heterocycles. The first-order valence-corrected chi connectivity index (χ1v) is 10.3. The molecule has 3 rings (SSSR count). The minimum atomic E-state index is -0.452. The van der Waals surface area contributed by atoms with Crippen molar-refractivity contribution in [2.24, 2.45) is 5.92 Å². The number of carbonyl (C=O) groups excluding carboxylic acids is 1. The number of amides is 1. The van der Waals surface area contributed by atoms with Crippen molar-refractivity contribution in [2.75, 3.05) is 24.1 Å². The molecule has 0 saturated carbocycles. The van der Waals surface area contributed by atoms with Crippen molar-refractivity contribution in [1.82, 2.24) is 15.2 Å². The summed E-state index contributed by atoms with van der Waals surface area (Å²) in [5.74, 6) is -0.0141. The molecule has 1 aliphatic heterocycles. The first-order valence-electron chi connectivity index (χ1n) is 10.3. The molecule has 1 fully saturated rings. The van der Waals surface area contributed by atoms with Crippen LogP contribution in [0.2, 0.25) is 0 Å². The fourth-order valence-electron chi connectivity index (χ4n) is 3.94. The van der Waals surface area contributed by atoms with E-state index in [0.29, 0.717) is 17.6 Å². The van der Waals surface area contributed by atoms with Gasteiger partial charge in [-0.3, -0.25) is 4.79 Å². The van der Waals surface area contributed by atoms with Gasteiger partial charge in [-0.05, 0) is 59.9 Å². The second-order valence-corrected chi connectivity index (χ2v) is 7.83. The quantitative estimate of drug-likeness (QED) is 0.731. The maximum absolute atomic E-state index is 12.2. The van der Waals surface area contributed by atoms with Crippen molar-refractivity contribution in [3.63, 3.8) is 0 Å². The largest absolute Gasteiger partial charge is 0.379 e. The Bertz CT molecular complexity index is 801. The number of nitrogen functional groups attached to an aromatic ring is 1. The Kier molecular flexibility index (Phi) is 6.87. The van der Waals surface area contributed by atoms with Crippen molar-refractivity contribution >= 4 is 17.4 Å². The van der Waals surface area contributed by atoms with Gasteiger partial charge >= 0.3 is 0 Å². The smallest absolute Gasteiger partial charge is 0.281 e. The van der Waals surface area contributed by atoms with E-state index in [2.05, 4.69) is 52.9 Å². The van der Waals surface area contributed by atoms with Crippen LogP contribution in [0.1, 0.15) is 62.7 Å². The van der Waals surface area contributed by atoms with E-state index in [9.17, 15) is 4.79 Å². The summed E-state index contributed by atoms with van der Waals surface area (Å²) >= 11 is 0. The first kappa shape index (κ1) is 21.3. The van der Waals surface area contributed by atoms with E-state index >= 15 is 0 Å². The van der Waals surface area contributed by atoms with Crippen molar-refractivity contribution in [1.29, 1.82) is 0 Å². The SMILES string of the molecule is CCN(CC)[C@H]1C[C@@H](c2ccc(NC(=O)c3nonc3N)cc2)O[C@@H](C(C)C)C1. The predicted octanol–water partition coefficient (Wildman–Crippen LogP) is 3.49. The number of benzene rings is 1. The van der Waals surface area contributed by atoms with Gasteiger partial charge in [0.05, 0.1) is 12.2 Å². The number of anilines is 2. The Balaban J connectivity index is 1.71. The molecule has 1 amide bonds. The fourth-order valence-corrected chi connectivity index (χ4v) is 3.94. The minimum Gasteiger partial charge on any atom is -0.379 e. The molecule has 2 aromatic rings. The zero-order valence-corrected chi connectivity index (χ0v) is 17.6. The first-order chi connectivity index (χ1) is 13.9. The monoisotopic (exact) mass is 401 g/mol. The molecule has 3 atom stereocenters. The van der Waals surface area contributed by atoms with Gasteiger partial charge in [-0.2, -0.15) is 0 Å². The van der Waals surface area contributed by atoms with Crippen LogP contribution in [0.3, 0.4) is 0 Å². The summed E-state index contributed by atoms with van der Waals surface area (Å²) in [4.78, 5) is 14.7. The van der Waals surface area contributed by atoms with Gasteiger partial charge in [-0.25, -0.2) is 4.63 Å². The van der Waals surface area contributed by atoms with Gasteiger partial charge in [0, 0.05) is 11.7 Å². The van der Waals surface area contributed by atoms with E-state index in [1.807, 2.05) is 24.3 Å². The van der Waals surface area contributed by atoms with E-state index < -0.39 is 5.91 Å². The third kappa shape index (κ3) is 4.94. The molecular formula is C21H31N5O3. The van der Waals surface area contributed by atoms with Crippen molar-refractivity contribution in [2.45, 2.75) is 58.8 Å². The summed E-state index contributed by atoms with van der Waals surface area (Å²) in [5.41, 5.74) is 7.31. The third-order valence-corrected chi connectivity index (χ3v) is 5.67. The molecule has 1 saturated heterocycles. The van der Waals surface area contributed by atoms with Crippen LogP contribution in [0.25, 0.3) is 0 Å². The lowest BCUT2D eigenvalue weighted by Gasteiger charge is -2.42. The number of rotatable bonds is 7. The van der Waals surface area contributed by atoms with Gasteiger partial charge < -0.3 is 20.7 Å². The van der Waals surface area contributed by atoms with E-state index in [4.69, 9.17) is 10.5 Å². The third-order valence-electron chi connectivity index (χ3n) is 5.67. The number of carbonyl (C=O) groups is 1. The van der Waals surface area contributed by atoms with Crippen molar-refractivity contribution < 1.29 is 14.2 Å². The number of aromatic nitrogens is 2. The molecule has 0 aliphatic carbocycles. The second-order valence-electron chi connectivity index (χ2n) is 7.83. The lowest BCUT2D eigenvalue weighted by atomic mass is 9.89. The van der Waals surface area contributed by atoms with Gasteiger partial charge in [0.15, 0.2) is 0 Å². The van der Waals surface area contributed by atoms with E-state index in [1.165, 1.54) is 0 Å². The van der Waals surface area contributed by atoms with Crippen LogP contribution < -0.4 is 11.1 Å². The summed E-state index contributed by atoms with van der Waals surface area (Å²) in [6, 6.07) is 8.26. The Labute approximate surface area is 171 Å². The minimum absolute atomic E-state index is 0.0217. The fraction of sp³-hybridized carbons (Fsp3) is 0.571. The average Bonchev–Trinajstić information content (AvgIpc) is 3.15. The highest BCUT2D eigenvalue weighted by Crippen LogP contribution is 2.36. The van der Waals surface area contributed by atoms with Crippen LogP contribution in [0, 0.1) is 5.92 Å². The maximum atomic E-state index is 12.2. The van der Waals surface area contributed by atoms with Crippen LogP contribution in [-0.4, -0.2) is 46.4 Å². The molecular weight excluding hydrogens is 370 g/mol. The Morgan fingerprint density at radius 2 is 1.90 bits per heavy atom. The molecule has 1 aromatic carbocycles.